The van der Waals surface area contributed by atoms with E-state index in [4.69, 9.17) is 2.74 Å². The Morgan fingerprint density at radius 3 is 2.77 bits per heavy atom. The third-order valence-electron chi connectivity index (χ3n) is 7.97. The molecule has 5 heteroatoms. The van der Waals surface area contributed by atoms with Crippen molar-refractivity contribution in [2.45, 2.75) is 64.3 Å². The maximum atomic E-state index is 13.4. The van der Waals surface area contributed by atoms with Crippen LogP contribution in [-0.4, -0.2) is 39.8 Å². The lowest BCUT2D eigenvalue weighted by atomic mass is 9.46. The molecule has 4 aliphatic rings. The van der Waals surface area contributed by atoms with Crippen LogP contribution in [0.25, 0.3) is 0 Å². The van der Waals surface area contributed by atoms with Crippen LogP contribution in [0.4, 0.5) is 0 Å². The zero-order valence-corrected chi connectivity index (χ0v) is 15.3. The van der Waals surface area contributed by atoms with Crippen LogP contribution in [0.3, 0.4) is 0 Å². The number of carbonyl (C=O) groups excluding carboxylic acids is 3. The number of allylic oxidation sites excluding steroid dienone is 1. The summed E-state index contributed by atoms with van der Waals surface area (Å²) in [5.74, 6) is -1.97. The Labute approximate surface area is 156 Å². The number of aliphatic hydroxyl groups is 2. The first-order chi connectivity index (χ1) is 13.0. The van der Waals surface area contributed by atoms with Gasteiger partial charge in [-0.25, -0.2) is 0 Å². The van der Waals surface area contributed by atoms with E-state index in [2.05, 4.69) is 0 Å². The fraction of sp³-hybridized carbons (Fsp3) is 0.762. The summed E-state index contributed by atoms with van der Waals surface area (Å²) in [5, 5.41) is 20.6. The Hall–Kier alpha value is -1.33. The van der Waals surface area contributed by atoms with Gasteiger partial charge in [0.1, 0.15) is 18.0 Å². The highest BCUT2D eigenvalue weighted by atomic mass is 16.3. The smallest absolute Gasteiger partial charge is 0.190 e. The summed E-state index contributed by atoms with van der Waals surface area (Å²) in [6, 6.07) is 0. The first-order valence-electron chi connectivity index (χ1n) is 10.7. The lowest BCUT2D eigenvalue weighted by Gasteiger charge is -2.57. The number of ketones is 3. The Kier molecular flexibility index (Phi) is 3.37. The van der Waals surface area contributed by atoms with Gasteiger partial charge in [-0.05, 0) is 55.4 Å². The van der Waals surface area contributed by atoms with E-state index in [0.717, 1.165) is 0 Å². The molecule has 4 rings (SSSR count). The van der Waals surface area contributed by atoms with E-state index >= 15 is 0 Å². The zero-order valence-electron chi connectivity index (χ0n) is 17.3. The topological polar surface area (TPSA) is 91.7 Å². The van der Waals surface area contributed by atoms with Crippen molar-refractivity contribution < 1.29 is 27.3 Å². The van der Waals surface area contributed by atoms with Crippen LogP contribution < -0.4 is 0 Å². The predicted octanol–water partition coefficient (Wildman–Crippen LogP) is 1.99. The molecule has 0 aromatic rings. The Morgan fingerprint density at radius 2 is 2.08 bits per heavy atom. The summed E-state index contributed by atoms with van der Waals surface area (Å²) >= 11 is 0. The van der Waals surface area contributed by atoms with Crippen molar-refractivity contribution in [3.8, 4) is 0 Å². The molecule has 0 saturated heterocycles. The SMILES string of the molecule is [2H]C1C2=CC(=O)CC[C@]2(C)[C@H]2C(=O)C[C@@]3(C)[C@@H](CC[C@]3(O)C(=O)CO)[C@@H]2C1[2H]. The third-order valence-corrected chi connectivity index (χ3v) is 7.97. The molecule has 0 amide bonds. The Balaban J connectivity index is 1.83. The minimum Gasteiger partial charge on any atom is -0.388 e. The number of rotatable bonds is 2. The monoisotopic (exact) mass is 362 g/mol. The van der Waals surface area contributed by atoms with E-state index in [1.165, 1.54) is 6.08 Å². The van der Waals surface area contributed by atoms with Gasteiger partial charge < -0.3 is 10.2 Å². The van der Waals surface area contributed by atoms with Gasteiger partial charge in [-0.1, -0.05) is 19.4 Å². The van der Waals surface area contributed by atoms with Crippen LogP contribution in [0.1, 0.15) is 61.5 Å². The van der Waals surface area contributed by atoms with Crippen molar-refractivity contribution in [2.75, 3.05) is 6.61 Å². The van der Waals surface area contributed by atoms with Gasteiger partial charge in [0.2, 0.25) is 0 Å². The van der Waals surface area contributed by atoms with E-state index in [0.29, 0.717) is 24.8 Å². The maximum absolute atomic E-state index is 13.4. The molecule has 0 bridgehead atoms. The van der Waals surface area contributed by atoms with Gasteiger partial charge in [-0.3, -0.25) is 14.4 Å². The Bertz CT molecular complexity index is 794. The summed E-state index contributed by atoms with van der Waals surface area (Å²) < 4.78 is 17.4. The molecule has 0 radical (unpaired) electrons. The summed E-state index contributed by atoms with van der Waals surface area (Å²) in [4.78, 5) is 37.8. The first-order valence-corrected chi connectivity index (χ1v) is 9.50. The maximum Gasteiger partial charge on any atom is 0.190 e. The average Bonchev–Trinajstić information content (AvgIpc) is 2.91. The van der Waals surface area contributed by atoms with Gasteiger partial charge in [0, 0.05) is 26.9 Å². The minimum absolute atomic E-state index is 0.0211. The highest BCUT2D eigenvalue weighted by Gasteiger charge is 2.68. The lowest BCUT2D eigenvalue weighted by molar-refractivity contribution is -0.170. The van der Waals surface area contributed by atoms with Gasteiger partial charge in [-0.2, -0.15) is 0 Å². The summed E-state index contributed by atoms with van der Waals surface area (Å²) in [6.07, 6.45) is 1.20. The van der Waals surface area contributed by atoms with Crippen molar-refractivity contribution in [1.29, 1.82) is 0 Å². The van der Waals surface area contributed by atoms with Crippen molar-refractivity contribution in [3.63, 3.8) is 0 Å². The van der Waals surface area contributed by atoms with E-state index in [9.17, 15) is 24.6 Å². The van der Waals surface area contributed by atoms with Crippen LogP contribution in [0.2, 0.25) is 0 Å². The van der Waals surface area contributed by atoms with Crippen LogP contribution in [0.5, 0.6) is 0 Å². The highest BCUT2D eigenvalue weighted by molar-refractivity contribution is 5.94. The second-order valence-corrected chi connectivity index (χ2v) is 9.04. The Morgan fingerprint density at radius 1 is 1.35 bits per heavy atom. The van der Waals surface area contributed by atoms with Crippen molar-refractivity contribution >= 4 is 17.3 Å². The summed E-state index contributed by atoms with van der Waals surface area (Å²) in [6.45, 7) is 2.90. The second kappa shape index (κ2) is 5.59. The largest absolute Gasteiger partial charge is 0.388 e. The van der Waals surface area contributed by atoms with Gasteiger partial charge >= 0.3 is 0 Å². The number of aliphatic hydroxyl groups excluding tert-OH is 1. The van der Waals surface area contributed by atoms with Crippen LogP contribution in [0, 0.1) is 28.6 Å². The summed E-state index contributed by atoms with van der Waals surface area (Å²) in [7, 11) is 0. The van der Waals surface area contributed by atoms with E-state index in [1.807, 2.05) is 6.92 Å². The molecule has 142 valence electrons. The van der Waals surface area contributed by atoms with Gasteiger partial charge in [0.05, 0.1) is 0 Å². The molecule has 3 fully saturated rings. The molecular formula is C21H28O5. The number of hydrogen-bond acceptors (Lipinski definition) is 5. The quantitative estimate of drug-likeness (QED) is 0.784. The van der Waals surface area contributed by atoms with Crippen LogP contribution >= 0.6 is 0 Å². The molecule has 5 nitrogen and oxygen atoms in total. The summed E-state index contributed by atoms with van der Waals surface area (Å²) in [5.41, 5.74) is -2.83. The van der Waals surface area contributed by atoms with Gasteiger partial charge in [-0.15, -0.1) is 0 Å². The molecule has 0 heterocycles. The molecule has 4 aliphatic carbocycles. The second-order valence-electron chi connectivity index (χ2n) is 9.04. The third kappa shape index (κ3) is 2.07. The normalized spacial score (nSPS) is 54.5. The number of Topliss-reactive ketones (excluding diaryl/α,β-unsaturated/α-hetero) is 2. The molecule has 0 aliphatic heterocycles. The van der Waals surface area contributed by atoms with E-state index < -0.39 is 53.5 Å². The molecule has 0 spiro atoms. The van der Waals surface area contributed by atoms with Crippen LogP contribution in [0.15, 0.2) is 11.6 Å². The fourth-order valence-electron chi connectivity index (χ4n) is 6.43. The first kappa shape index (κ1) is 15.7. The molecule has 8 atom stereocenters. The number of hydrogen-bond donors (Lipinski definition) is 2. The average molecular weight is 362 g/mol. The molecular weight excluding hydrogens is 332 g/mol. The highest BCUT2D eigenvalue weighted by Crippen LogP contribution is 2.66. The standard InChI is InChI=1S/C21H28O5/c1-19-7-5-13(23)9-12(19)3-4-14-15-6-8-21(26,17(25)11-22)20(15,2)10-16(24)18(14)19/h9,14-15,18,22,26H,3-8,10-11H2,1-2H3/t14-,15-,18+,19-,20-,21-/m0/s1/i3D,4D/t3?,4?,14-,15-,18+,19-,20-,21-. The van der Waals surface area contributed by atoms with E-state index in [1.54, 1.807) is 6.92 Å². The van der Waals surface area contributed by atoms with Gasteiger partial charge in [0.15, 0.2) is 11.6 Å². The predicted molar refractivity (Wildman–Crippen MR) is 94.1 cm³/mol. The van der Waals surface area contributed by atoms with Crippen LogP contribution in [-0.2, 0) is 14.4 Å². The lowest BCUT2D eigenvalue weighted by Crippen LogP contribution is -2.60. The van der Waals surface area contributed by atoms with Crippen molar-refractivity contribution in [1.82, 2.24) is 0 Å². The molecule has 0 aromatic carbocycles. The van der Waals surface area contributed by atoms with Crippen molar-refractivity contribution in [3.05, 3.63) is 11.6 Å². The van der Waals surface area contributed by atoms with E-state index in [-0.39, 0.29) is 30.3 Å². The van der Waals surface area contributed by atoms with Gasteiger partial charge in [0.25, 0.3) is 0 Å². The molecule has 2 unspecified atom stereocenters. The molecule has 2 N–H and O–H groups in total. The number of fused-ring (bicyclic) bond motifs is 5. The molecule has 26 heavy (non-hydrogen) atoms. The minimum atomic E-state index is -1.77. The molecule has 3 saturated carbocycles. The molecule has 0 aromatic heterocycles. The zero-order chi connectivity index (χ0) is 20.6. The number of carbonyl (C=O) groups is 3. The van der Waals surface area contributed by atoms with Crippen molar-refractivity contribution in [2.24, 2.45) is 28.6 Å². The fourth-order valence-corrected chi connectivity index (χ4v) is 6.43.